The lowest BCUT2D eigenvalue weighted by molar-refractivity contribution is 0.321. The number of allylic oxidation sites excluding steroid dienone is 2. The van der Waals surface area contributed by atoms with Gasteiger partial charge in [-0.05, 0) is 37.5 Å². The van der Waals surface area contributed by atoms with Gasteiger partial charge in [0.05, 0.1) is 8.07 Å². The molecule has 1 heteroatoms. The molecule has 0 atom stereocenters. The number of rotatable bonds is 1. The van der Waals surface area contributed by atoms with Crippen molar-refractivity contribution in [3.8, 4) is 0 Å². The molecule has 0 spiro atoms. The molecule has 0 saturated heterocycles. The van der Waals surface area contributed by atoms with Crippen LogP contribution in [0.4, 0.5) is 0 Å². The Kier molecular flexibility index (Phi) is 1.94. The molecule has 0 N–H and O–H groups in total. The van der Waals surface area contributed by atoms with Crippen LogP contribution in [0.2, 0.25) is 19.6 Å². The molecule has 0 aromatic heterocycles. The minimum absolute atomic E-state index is 0.949. The highest BCUT2D eigenvalue weighted by molar-refractivity contribution is 6.83. The van der Waals surface area contributed by atoms with Crippen molar-refractivity contribution in [3.05, 3.63) is 11.3 Å². The lowest BCUT2D eigenvalue weighted by Crippen LogP contribution is -2.35. The van der Waals surface area contributed by atoms with E-state index in [0.717, 1.165) is 11.8 Å². The minimum atomic E-state index is -0.949. The highest BCUT2D eigenvalue weighted by Crippen LogP contribution is 2.43. The van der Waals surface area contributed by atoms with Gasteiger partial charge in [-0.15, -0.1) is 0 Å². The quantitative estimate of drug-likeness (QED) is 0.541. The molecule has 0 nitrogen and oxygen atoms in total. The molecule has 0 amide bonds. The monoisotopic (exact) mass is 180 g/mol. The standard InChI is InChI=1S/C11H20Si/c1-12(2,3)11-8-9-4-6-10(11)7-5-9/h8-10H,4-7H2,1-3H3. The highest BCUT2D eigenvalue weighted by Gasteiger charge is 2.34. The largest absolute Gasteiger partial charge is 0.0858 e. The van der Waals surface area contributed by atoms with E-state index in [0.29, 0.717) is 0 Å². The Morgan fingerprint density at radius 2 is 1.67 bits per heavy atom. The fraction of sp³-hybridized carbons (Fsp3) is 0.818. The predicted molar refractivity (Wildman–Crippen MR) is 56.9 cm³/mol. The Labute approximate surface area is 77.1 Å². The van der Waals surface area contributed by atoms with Gasteiger partial charge in [-0.25, -0.2) is 0 Å². The van der Waals surface area contributed by atoms with Crippen LogP contribution in [0, 0.1) is 11.8 Å². The zero-order valence-corrected chi connectivity index (χ0v) is 9.56. The summed E-state index contributed by atoms with van der Waals surface area (Å²) in [5.74, 6) is 1.97. The van der Waals surface area contributed by atoms with Crippen molar-refractivity contribution in [2.24, 2.45) is 11.8 Å². The third-order valence-corrected chi connectivity index (χ3v) is 5.80. The van der Waals surface area contributed by atoms with Gasteiger partial charge in [-0.3, -0.25) is 0 Å². The normalized spacial score (nSPS) is 35.1. The van der Waals surface area contributed by atoms with Crippen molar-refractivity contribution >= 4 is 8.07 Å². The van der Waals surface area contributed by atoms with E-state index in [4.69, 9.17) is 0 Å². The summed E-state index contributed by atoms with van der Waals surface area (Å²) in [7, 11) is -0.949. The highest BCUT2D eigenvalue weighted by atomic mass is 28.3. The smallest absolute Gasteiger partial charge is 0.0724 e. The average molecular weight is 180 g/mol. The van der Waals surface area contributed by atoms with Crippen LogP contribution >= 0.6 is 0 Å². The fourth-order valence-electron chi connectivity index (χ4n) is 2.85. The van der Waals surface area contributed by atoms with Gasteiger partial charge in [-0.2, -0.15) is 0 Å². The molecule has 2 bridgehead atoms. The van der Waals surface area contributed by atoms with Crippen molar-refractivity contribution < 1.29 is 0 Å². The van der Waals surface area contributed by atoms with Crippen molar-refractivity contribution in [1.29, 1.82) is 0 Å². The van der Waals surface area contributed by atoms with Crippen molar-refractivity contribution in [2.75, 3.05) is 0 Å². The summed E-state index contributed by atoms with van der Waals surface area (Å²) in [6.07, 6.45) is 8.61. The molecule has 1 saturated carbocycles. The molecule has 68 valence electrons. The summed E-state index contributed by atoms with van der Waals surface area (Å²) in [4.78, 5) is 0. The third-order valence-electron chi connectivity index (χ3n) is 3.49. The van der Waals surface area contributed by atoms with Crippen molar-refractivity contribution in [3.63, 3.8) is 0 Å². The average Bonchev–Trinajstić information content (AvgIpc) is 2.05. The maximum atomic E-state index is 2.64. The maximum absolute atomic E-state index is 2.64. The molecule has 0 aliphatic heterocycles. The van der Waals surface area contributed by atoms with Crippen LogP contribution in [0.3, 0.4) is 0 Å². The first-order valence-corrected chi connectivity index (χ1v) is 8.79. The summed E-state index contributed by atoms with van der Waals surface area (Å²) >= 11 is 0. The summed E-state index contributed by atoms with van der Waals surface area (Å²) in [6, 6.07) is 0. The van der Waals surface area contributed by atoms with Crippen LogP contribution in [0.25, 0.3) is 0 Å². The molecule has 12 heavy (non-hydrogen) atoms. The van der Waals surface area contributed by atoms with Crippen LogP contribution in [-0.4, -0.2) is 8.07 Å². The van der Waals surface area contributed by atoms with Gasteiger partial charge < -0.3 is 0 Å². The maximum Gasteiger partial charge on any atom is 0.0724 e. The van der Waals surface area contributed by atoms with E-state index in [1.165, 1.54) is 25.7 Å². The van der Waals surface area contributed by atoms with Gasteiger partial charge in [-0.1, -0.05) is 30.9 Å². The van der Waals surface area contributed by atoms with E-state index >= 15 is 0 Å². The van der Waals surface area contributed by atoms with E-state index in [9.17, 15) is 0 Å². The van der Waals surface area contributed by atoms with Gasteiger partial charge >= 0.3 is 0 Å². The second-order valence-electron chi connectivity index (χ2n) is 5.48. The van der Waals surface area contributed by atoms with E-state index in [1.807, 2.05) is 5.20 Å². The van der Waals surface area contributed by atoms with E-state index in [1.54, 1.807) is 0 Å². The molecular formula is C11H20Si. The first-order chi connectivity index (χ1) is 5.57. The van der Waals surface area contributed by atoms with E-state index in [2.05, 4.69) is 25.7 Å². The molecular weight excluding hydrogens is 160 g/mol. The fourth-order valence-corrected chi connectivity index (χ4v) is 5.10. The number of hydrogen-bond acceptors (Lipinski definition) is 0. The van der Waals surface area contributed by atoms with Crippen LogP contribution in [-0.2, 0) is 0 Å². The Morgan fingerprint density at radius 1 is 1.08 bits per heavy atom. The van der Waals surface area contributed by atoms with Gasteiger partial charge in [0.25, 0.3) is 0 Å². The van der Waals surface area contributed by atoms with E-state index < -0.39 is 8.07 Å². The zero-order valence-electron chi connectivity index (χ0n) is 8.56. The zero-order chi connectivity index (χ0) is 8.77. The Hall–Kier alpha value is -0.0431. The summed E-state index contributed by atoms with van der Waals surface area (Å²) in [6.45, 7) is 7.50. The van der Waals surface area contributed by atoms with Gasteiger partial charge in [0.1, 0.15) is 0 Å². The minimum Gasteiger partial charge on any atom is -0.0858 e. The van der Waals surface area contributed by atoms with Gasteiger partial charge in [0, 0.05) is 0 Å². The molecule has 3 aliphatic carbocycles. The van der Waals surface area contributed by atoms with E-state index in [-0.39, 0.29) is 0 Å². The molecule has 3 rings (SSSR count). The lowest BCUT2D eigenvalue weighted by Gasteiger charge is -2.40. The van der Waals surface area contributed by atoms with Crippen LogP contribution < -0.4 is 0 Å². The molecule has 0 radical (unpaired) electrons. The molecule has 0 aromatic carbocycles. The van der Waals surface area contributed by atoms with Crippen molar-refractivity contribution in [2.45, 2.75) is 45.3 Å². The molecule has 0 unspecified atom stereocenters. The Balaban J connectivity index is 2.26. The molecule has 3 aliphatic rings. The third kappa shape index (κ3) is 1.39. The SMILES string of the molecule is C[Si](C)(C)C1=CC2CCC1CC2. The predicted octanol–water partition coefficient (Wildman–Crippen LogP) is 3.61. The number of hydrogen-bond donors (Lipinski definition) is 0. The van der Waals surface area contributed by atoms with Crippen LogP contribution in [0.15, 0.2) is 11.3 Å². The first kappa shape index (κ1) is 8.55. The lowest BCUT2D eigenvalue weighted by atomic mass is 9.76. The second-order valence-corrected chi connectivity index (χ2v) is 10.6. The summed E-state index contributed by atoms with van der Waals surface area (Å²) in [5, 5.41) is 1.89. The summed E-state index contributed by atoms with van der Waals surface area (Å²) < 4.78 is 0. The molecule has 0 heterocycles. The molecule has 0 aromatic rings. The molecule has 1 fully saturated rings. The first-order valence-electron chi connectivity index (χ1n) is 5.29. The van der Waals surface area contributed by atoms with Gasteiger partial charge in [0.2, 0.25) is 0 Å². The Bertz CT molecular complexity index is 202. The summed E-state index contributed by atoms with van der Waals surface area (Å²) in [5.41, 5.74) is 0. The van der Waals surface area contributed by atoms with Crippen LogP contribution in [0.5, 0.6) is 0 Å². The topological polar surface area (TPSA) is 0 Å². The van der Waals surface area contributed by atoms with Crippen molar-refractivity contribution in [1.82, 2.24) is 0 Å². The number of fused-ring (bicyclic) bond motifs is 2. The van der Waals surface area contributed by atoms with Gasteiger partial charge in [0.15, 0.2) is 0 Å². The van der Waals surface area contributed by atoms with Crippen LogP contribution in [0.1, 0.15) is 25.7 Å². The Morgan fingerprint density at radius 3 is 1.92 bits per heavy atom. The second kappa shape index (κ2) is 2.73.